The van der Waals surface area contributed by atoms with E-state index in [0.717, 1.165) is 78.8 Å². The van der Waals surface area contributed by atoms with Crippen molar-refractivity contribution in [3.63, 3.8) is 0 Å². The van der Waals surface area contributed by atoms with Gasteiger partial charge in [-0.2, -0.15) is 0 Å². The monoisotopic (exact) mass is 459 g/mol. The molecule has 0 atom stereocenters. The van der Waals surface area contributed by atoms with E-state index in [1.54, 1.807) is 0 Å². The summed E-state index contributed by atoms with van der Waals surface area (Å²) in [6.45, 7) is 5.71. The molecule has 0 unspecified atom stereocenters. The quantitative estimate of drug-likeness (QED) is 0.341. The van der Waals surface area contributed by atoms with E-state index < -0.39 is 0 Å². The third kappa shape index (κ3) is 5.33. The van der Waals surface area contributed by atoms with Crippen LogP contribution in [0.5, 0.6) is 11.5 Å². The summed E-state index contributed by atoms with van der Waals surface area (Å²) >= 11 is 0. The Hall–Kier alpha value is -3.12. The molecule has 0 saturated carbocycles. The average molecular weight is 460 g/mol. The van der Waals surface area contributed by atoms with Crippen LogP contribution in [-0.4, -0.2) is 66.6 Å². The molecule has 2 aliphatic rings. The summed E-state index contributed by atoms with van der Waals surface area (Å²) in [5, 5.41) is 1.09. The van der Waals surface area contributed by atoms with E-state index in [1.165, 1.54) is 25.9 Å². The number of carbonyl (C=O) groups excluding carboxylic acids is 1. The highest BCUT2D eigenvalue weighted by atomic mass is 16.5. The van der Waals surface area contributed by atoms with Crippen molar-refractivity contribution in [3.8, 4) is 22.6 Å². The fourth-order valence-corrected chi connectivity index (χ4v) is 4.96. The minimum Gasteiger partial charge on any atom is -0.491 e. The van der Waals surface area contributed by atoms with Crippen LogP contribution in [0.2, 0.25) is 0 Å². The number of fused-ring (bicyclic) bond motifs is 1. The molecule has 0 aliphatic carbocycles. The first kappa shape index (κ1) is 22.7. The van der Waals surface area contributed by atoms with Crippen molar-refractivity contribution in [2.45, 2.75) is 38.2 Å². The van der Waals surface area contributed by atoms with Crippen molar-refractivity contribution >= 4 is 17.3 Å². The van der Waals surface area contributed by atoms with Gasteiger partial charge in [0.2, 0.25) is 6.41 Å². The fraction of sp³-hybridized carbons (Fsp3) is 0.429. The first-order valence-electron chi connectivity index (χ1n) is 12.5. The van der Waals surface area contributed by atoms with Crippen LogP contribution in [0.1, 0.15) is 32.1 Å². The molecule has 6 heteroatoms. The Kier molecular flexibility index (Phi) is 7.25. The Morgan fingerprint density at radius 2 is 1.76 bits per heavy atom. The maximum Gasteiger partial charge on any atom is 0.209 e. The van der Waals surface area contributed by atoms with Crippen molar-refractivity contribution in [1.82, 2.24) is 14.8 Å². The Morgan fingerprint density at radius 1 is 0.971 bits per heavy atom. The third-order valence-electron chi connectivity index (χ3n) is 6.89. The molecule has 6 nitrogen and oxygen atoms in total. The number of carbonyl (C=O) groups is 1. The molecule has 1 aromatic heterocycles. The molecule has 0 N–H and O–H groups in total. The molecule has 2 saturated heterocycles. The Bertz CT molecular complexity index is 1090. The zero-order valence-corrected chi connectivity index (χ0v) is 19.7. The van der Waals surface area contributed by atoms with Gasteiger partial charge >= 0.3 is 0 Å². The van der Waals surface area contributed by atoms with Crippen LogP contribution >= 0.6 is 0 Å². The smallest absolute Gasteiger partial charge is 0.209 e. The summed E-state index contributed by atoms with van der Waals surface area (Å²) in [6.07, 6.45) is 8.29. The second-order valence-corrected chi connectivity index (χ2v) is 9.25. The van der Waals surface area contributed by atoms with Crippen LogP contribution in [0.4, 0.5) is 0 Å². The predicted molar refractivity (Wildman–Crippen MR) is 134 cm³/mol. The second kappa shape index (κ2) is 10.9. The Morgan fingerprint density at radius 3 is 2.53 bits per heavy atom. The number of aromatic nitrogens is 1. The summed E-state index contributed by atoms with van der Waals surface area (Å²) in [7, 11) is 0. The normalized spacial score (nSPS) is 17.2. The molecular weight excluding hydrogens is 426 g/mol. The van der Waals surface area contributed by atoms with Crippen LogP contribution in [0.25, 0.3) is 22.0 Å². The van der Waals surface area contributed by atoms with E-state index in [9.17, 15) is 4.79 Å². The number of piperidine rings is 1. The number of hydrogen-bond acceptors (Lipinski definition) is 5. The zero-order chi connectivity index (χ0) is 23.2. The topological polar surface area (TPSA) is 54.9 Å². The standard InChI is InChI=1S/C28H33N3O3/c32-21-31-18-12-25(13-19-31)34-24-9-6-22(7-10-24)26-11-8-23-5-3-14-29-27(23)28(26)33-20-4-17-30-15-1-2-16-30/h3,5-11,14,21,25H,1-2,4,12-13,15-20H2. The van der Waals surface area contributed by atoms with Gasteiger partial charge in [-0.15, -0.1) is 0 Å². The van der Waals surface area contributed by atoms with E-state index in [2.05, 4.69) is 40.2 Å². The lowest BCUT2D eigenvalue weighted by molar-refractivity contribution is -0.119. The molecule has 178 valence electrons. The van der Waals surface area contributed by atoms with Crippen molar-refractivity contribution < 1.29 is 14.3 Å². The van der Waals surface area contributed by atoms with Gasteiger partial charge in [0.1, 0.15) is 17.4 Å². The molecule has 1 amide bonds. The first-order chi connectivity index (χ1) is 16.8. The lowest BCUT2D eigenvalue weighted by Gasteiger charge is -2.29. The number of benzene rings is 2. The van der Waals surface area contributed by atoms with Gasteiger partial charge in [-0.25, -0.2) is 0 Å². The Labute approximate surface area is 201 Å². The highest BCUT2D eigenvalue weighted by Crippen LogP contribution is 2.37. The van der Waals surface area contributed by atoms with Crippen molar-refractivity contribution in [2.24, 2.45) is 0 Å². The number of ether oxygens (including phenoxy) is 2. The number of amides is 1. The first-order valence-corrected chi connectivity index (χ1v) is 12.5. The summed E-state index contributed by atoms with van der Waals surface area (Å²) < 4.78 is 12.6. The van der Waals surface area contributed by atoms with Gasteiger partial charge in [-0.05, 0) is 62.2 Å². The number of nitrogens with zero attached hydrogens (tertiary/aromatic N) is 3. The molecule has 5 rings (SSSR count). The summed E-state index contributed by atoms with van der Waals surface area (Å²) in [4.78, 5) is 19.9. The summed E-state index contributed by atoms with van der Waals surface area (Å²) in [5.41, 5.74) is 3.05. The van der Waals surface area contributed by atoms with Gasteiger partial charge in [-0.3, -0.25) is 9.78 Å². The van der Waals surface area contributed by atoms with Crippen molar-refractivity contribution in [1.29, 1.82) is 0 Å². The van der Waals surface area contributed by atoms with Gasteiger partial charge in [0.15, 0.2) is 5.75 Å². The highest BCUT2D eigenvalue weighted by molar-refractivity contribution is 5.92. The number of pyridine rings is 1. The molecule has 0 radical (unpaired) electrons. The maximum atomic E-state index is 10.9. The van der Waals surface area contributed by atoms with Crippen LogP contribution in [0.3, 0.4) is 0 Å². The fourth-order valence-electron chi connectivity index (χ4n) is 4.96. The molecular formula is C28H33N3O3. The van der Waals surface area contributed by atoms with Gasteiger partial charge in [-0.1, -0.05) is 24.3 Å². The zero-order valence-electron chi connectivity index (χ0n) is 19.7. The average Bonchev–Trinajstić information content (AvgIpc) is 3.41. The minimum absolute atomic E-state index is 0.154. The van der Waals surface area contributed by atoms with Crippen LogP contribution in [0.15, 0.2) is 54.7 Å². The number of hydrogen-bond donors (Lipinski definition) is 0. The molecule has 0 bridgehead atoms. The van der Waals surface area contributed by atoms with E-state index in [-0.39, 0.29) is 6.10 Å². The van der Waals surface area contributed by atoms with Gasteiger partial charge in [0, 0.05) is 49.6 Å². The Balaban J connectivity index is 1.30. The minimum atomic E-state index is 0.154. The second-order valence-electron chi connectivity index (χ2n) is 9.25. The molecule has 3 heterocycles. The molecule has 2 aromatic carbocycles. The number of rotatable bonds is 9. The van der Waals surface area contributed by atoms with Crippen LogP contribution in [0, 0.1) is 0 Å². The summed E-state index contributed by atoms with van der Waals surface area (Å²) in [6, 6.07) is 16.5. The molecule has 3 aromatic rings. The summed E-state index contributed by atoms with van der Waals surface area (Å²) in [5.74, 6) is 1.72. The number of likely N-dealkylation sites (tertiary alicyclic amines) is 2. The van der Waals surface area contributed by atoms with Gasteiger partial charge in [0.05, 0.1) is 6.61 Å². The van der Waals surface area contributed by atoms with E-state index in [1.807, 2.05) is 29.3 Å². The lowest BCUT2D eigenvalue weighted by Crippen LogP contribution is -2.37. The molecule has 0 spiro atoms. The van der Waals surface area contributed by atoms with E-state index in [4.69, 9.17) is 9.47 Å². The maximum absolute atomic E-state index is 10.9. The van der Waals surface area contributed by atoms with Crippen molar-refractivity contribution in [2.75, 3.05) is 39.3 Å². The van der Waals surface area contributed by atoms with Gasteiger partial charge in [0.25, 0.3) is 0 Å². The molecule has 34 heavy (non-hydrogen) atoms. The lowest BCUT2D eigenvalue weighted by atomic mass is 10.0. The highest BCUT2D eigenvalue weighted by Gasteiger charge is 2.20. The van der Waals surface area contributed by atoms with Crippen molar-refractivity contribution in [3.05, 3.63) is 54.7 Å². The van der Waals surface area contributed by atoms with Crippen LogP contribution in [-0.2, 0) is 4.79 Å². The van der Waals surface area contributed by atoms with Gasteiger partial charge < -0.3 is 19.3 Å². The van der Waals surface area contributed by atoms with E-state index in [0.29, 0.717) is 6.61 Å². The predicted octanol–water partition coefficient (Wildman–Crippen LogP) is 4.77. The largest absolute Gasteiger partial charge is 0.491 e. The SMILES string of the molecule is O=CN1CCC(Oc2ccc(-c3ccc4cccnc4c3OCCCN3CCCC3)cc2)CC1. The van der Waals surface area contributed by atoms with Crippen LogP contribution < -0.4 is 9.47 Å². The molecule has 2 fully saturated rings. The third-order valence-corrected chi connectivity index (χ3v) is 6.89. The van der Waals surface area contributed by atoms with E-state index >= 15 is 0 Å². The molecule has 2 aliphatic heterocycles.